The summed E-state index contributed by atoms with van der Waals surface area (Å²) in [5.41, 5.74) is 3.21. The number of anilines is 1. The summed E-state index contributed by atoms with van der Waals surface area (Å²) in [7, 11) is -2.22. The van der Waals surface area contributed by atoms with Crippen molar-refractivity contribution < 1.29 is 17.9 Å². The molecule has 28 heavy (non-hydrogen) atoms. The number of halogens is 2. The third-order valence-corrected chi connectivity index (χ3v) is 5.56. The van der Waals surface area contributed by atoms with E-state index in [1.54, 1.807) is 42.5 Å². The van der Waals surface area contributed by atoms with Crippen molar-refractivity contribution in [2.45, 2.75) is 13.0 Å². The zero-order valence-electron chi connectivity index (χ0n) is 15.4. The van der Waals surface area contributed by atoms with Gasteiger partial charge in [0.25, 0.3) is 5.91 Å². The molecule has 0 aliphatic carbocycles. The molecule has 0 bridgehead atoms. The smallest absolute Gasteiger partial charge is 0.263 e. The second-order valence-electron chi connectivity index (χ2n) is 5.83. The van der Waals surface area contributed by atoms with Gasteiger partial charge in [0.2, 0.25) is 10.0 Å². The number of hydrogen-bond donors (Lipinski definition) is 1. The molecule has 1 atom stereocenters. The Hall–Kier alpha value is -2.29. The van der Waals surface area contributed by atoms with Crippen LogP contribution in [0.25, 0.3) is 0 Å². The van der Waals surface area contributed by atoms with Gasteiger partial charge in [-0.2, -0.15) is 5.10 Å². The van der Waals surface area contributed by atoms with Gasteiger partial charge in [-0.15, -0.1) is 0 Å². The summed E-state index contributed by atoms with van der Waals surface area (Å²) in [4.78, 5) is 12.4. The van der Waals surface area contributed by atoms with Crippen LogP contribution >= 0.6 is 23.2 Å². The molecule has 0 saturated heterocycles. The molecular formula is C18H19Cl2N3O4S. The Labute approximate surface area is 173 Å². The lowest BCUT2D eigenvalue weighted by molar-refractivity contribution is -0.121. The summed E-state index contributed by atoms with van der Waals surface area (Å²) in [6.45, 7) is 1.46. The number of nitrogens with one attached hydrogen (secondary N) is 1. The van der Waals surface area contributed by atoms with E-state index in [9.17, 15) is 13.2 Å². The SMILES string of the molecule is COc1ccc(N(C(C)C(=O)N/N=C/c2ccc(Cl)cc2Cl)S(C)(=O)=O)cc1. The Morgan fingerprint density at radius 2 is 1.86 bits per heavy atom. The van der Waals surface area contributed by atoms with Gasteiger partial charge in [-0.25, -0.2) is 13.8 Å². The second kappa shape index (κ2) is 9.27. The van der Waals surface area contributed by atoms with Crippen molar-refractivity contribution >= 4 is 51.0 Å². The van der Waals surface area contributed by atoms with Gasteiger partial charge in [0.15, 0.2) is 0 Å². The number of nitrogens with zero attached hydrogens (tertiary/aromatic N) is 2. The summed E-state index contributed by atoms with van der Waals surface area (Å²) in [6.07, 6.45) is 2.37. The molecule has 1 N–H and O–H groups in total. The highest BCUT2D eigenvalue weighted by Gasteiger charge is 2.29. The lowest BCUT2D eigenvalue weighted by Crippen LogP contribution is -2.46. The van der Waals surface area contributed by atoms with Crippen LogP contribution < -0.4 is 14.5 Å². The largest absolute Gasteiger partial charge is 0.497 e. The van der Waals surface area contributed by atoms with Crippen LogP contribution in [-0.2, 0) is 14.8 Å². The van der Waals surface area contributed by atoms with E-state index in [1.807, 2.05) is 0 Å². The Balaban J connectivity index is 2.18. The number of ether oxygens (including phenoxy) is 1. The Bertz CT molecular complexity index is 979. The number of sulfonamides is 1. The number of rotatable bonds is 7. The lowest BCUT2D eigenvalue weighted by atomic mass is 10.2. The number of hydrogen-bond acceptors (Lipinski definition) is 5. The number of hydrazone groups is 1. The molecule has 0 aliphatic rings. The minimum Gasteiger partial charge on any atom is -0.497 e. The molecule has 0 fully saturated rings. The standard InChI is InChI=1S/C18H19Cl2N3O4S/c1-12(18(24)22-21-11-13-4-5-14(19)10-17(13)20)23(28(3,25)26)15-6-8-16(27-2)9-7-15/h4-12H,1-3H3,(H,22,24)/b21-11+. The molecule has 0 spiro atoms. The van der Waals surface area contributed by atoms with E-state index >= 15 is 0 Å². The first-order chi connectivity index (χ1) is 13.1. The highest BCUT2D eigenvalue weighted by molar-refractivity contribution is 7.92. The molecule has 0 aromatic heterocycles. The summed E-state index contributed by atoms with van der Waals surface area (Å²) in [5, 5.41) is 4.69. The van der Waals surface area contributed by atoms with Crippen LogP contribution in [0.5, 0.6) is 5.75 Å². The second-order valence-corrected chi connectivity index (χ2v) is 8.54. The normalized spacial score (nSPS) is 12.6. The van der Waals surface area contributed by atoms with Gasteiger partial charge < -0.3 is 4.74 Å². The molecule has 150 valence electrons. The van der Waals surface area contributed by atoms with E-state index in [1.165, 1.54) is 20.2 Å². The van der Waals surface area contributed by atoms with Gasteiger partial charge in [0, 0.05) is 10.6 Å². The third-order valence-electron chi connectivity index (χ3n) is 3.76. The fourth-order valence-corrected chi connectivity index (χ4v) is 4.04. The van der Waals surface area contributed by atoms with Gasteiger partial charge in [0.1, 0.15) is 11.8 Å². The summed E-state index contributed by atoms with van der Waals surface area (Å²) in [5.74, 6) is -0.0404. The molecule has 1 unspecified atom stereocenters. The highest BCUT2D eigenvalue weighted by Crippen LogP contribution is 2.24. The lowest BCUT2D eigenvalue weighted by Gasteiger charge is -2.27. The maximum atomic E-state index is 12.4. The minimum atomic E-state index is -3.73. The van der Waals surface area contributed by atoms with E-state index in [4.69, 9.17) is 27.9 Å². The van der Waals surface area contributed by atoms with Crippen LogP contribution in [0.2, 0.25) is 10.0 Å². The van der Waals surface area contributed by atoms with Crippen molar-refractivity contribution in [3.8, 4) is 5.75 Å². The van der Waals surface area contributed by atoms with Crippen LogP contribution in [0.4, 0.5) is 5.69 Å². The number of carbonyl (C=O) groups excluding carboxylic acids is 1. The van der Waals surface area contributed by atoms with Crippen molar-refractivity contribution in [2.75, 3.05) is 17.7 Å². The topological polar surface area (TPSA) is 88.1 Å². The molecule has 0 radical (unpaired) electrons. The molecule has 2 aromatic carbocycles. The monoisotopic (exact) mass is 443 g/mol. The number of benzene rings is 2. The van der Waals surface area contributed by atoms with E-state index in [0.717, 1.165) is 10.6 Å². The Morgan fingerprint density at radius 1 is 1.21 bits per heavy atom. The van der Waals surface area contributed by atoms with Gasteiger partial charge in [-0.3, -0.25) is 9.10 Å². The van der Waals surface area contributed by atoms with Crippen LogP contribution in [0.1, 0.15) is 12.5 Å². The predicted molar refractivity (Wildman–Crippen MR) is 112 cm³/mol. The third kappa shape index (κ3) is 5.60. The predicted octanol–water partition coefficient (Wildman–Crippen LogP) is 3.31. The first-order valence-corrected chi connectivity index (χ1v) is 10.7. The fourth-order valence-electron chi connectivity index (χ4n) is 2.40. The first-order valence-electron chi connectivity index (χ1n) is 8.05. The van der Waals surface area contributed by atoms with Gasteiger partial charge >= 0.3 is 0 Å². The van der Waals surface area contributed by atoms with E-state index in [-0.39, 0.29) is 0 Å². The van der Waals surface area contributed by atoms with Crippen LogP contribution in [0, 0.1) is 0 Å². The molecule has 2 aromatic rings. The zero-order valence-corrected chi connectivity index (χ0v) is 17.7. The van der Waals surface area contributed by atoms with Gasteiger partial charge in [-0.1, -0.05) is 29.3 Å². The van der Waals surface area contributed by atoms with Gasteiger partial charge in [0.05, 0.1) is 30.3 Å². The van der Waals surface area contributed by atoms with E-state index in [0.29, 0.717) is 27.0 Å². The van der Waals surface area contributed by atoms with Crippen molar-refractivity contribution in [3.63, 3.8) is 0 Å². The van der Waals surface area contributed by atoms with E-state index < -0.39 is 22.0 Å². The molecule has 0 saturated carbocycles. The minimum absolute atomic E-state index is 0.329. The Kier molecular flexibility index (Phi) is 7.29. The van der Waals surface area contributed by atoms with Crippen LogP contribution in [0.15, 0.2) is 47.6 Å². The molecule has 2 rings (SSSR count). The fraction of sp³-hybridized carbons (Fsp3) is 0.222. The van der Waals surface area contributed by atoms with Crippen molar-refractivity contribution in [3.05, 3.63) is 58.1 Å². The molecule has 1 amide bonds. The number of carbonyl (C=O) groups is 1. The Morgan fingerprint density at radius 3 is 2.39 bits per heavy atom. The van der Waals surface area contributed by atoms with Crippen LogP contribution in [-0.4, -0.2) is 39.9 Å². The maximum Gasteiger partial charge on any atom is 0.263 e. The molecule has 0 aliphatic heterocycles. The first kappa shape index (κ1) is 22.0. The quantitative estimate of drug-likeness (QED) is 0.524. The zero-order chi connectivity index (χ0) is 20.9. The molecule has 10 heteroatoms. The molecular weight excluding hydrogens is 425 g/mol. The van der Waals surface area contributed by atoms with Crippen LogP contribution in [0.3, 0.4) is 0 Å². The average Bonchev–Trinajstić information content (AvgIpc) is 2.63. The number of methoxy groups -OCH3 is 1. The van der Waals surface area contributed by atoms with E-state index in [2.05, 4.69) is 10.5 Å². The summed E-state index contributed by atoms with van der Waals surface area (Å²) in [6, 6.07) is 10.1. The summed E-state index contributed by atoms with van der Waals surface area (Å²) >= 11 is 11.9. The van der Waals surface area contributed by atoms with Crippen molar-refractivity contribution in [1.29, 1.82) is 0 Å². The van der Waals surface area contributed by atoms with Gasteiger partial charge in [-0.05, 0) is 43.3 Å². The molecule has 7 nitrogen and oxygen atoms in total. The average molecular weight is 444 g/mol. The highest BCUT2D eigenvalue weighted by atomic mass is 35.5. The maximum absolute atomic E-state index is 12.4. The summed E-state index contributed by atoms with van der Waals surface area (Å²) < 4.78 is 30.6. The van der Waals surface area contributed by atoms with Crippen molar-refractivity contribution in [1.82, 2.24) is 5.43 Å². The van der Waals surface area contributed by atoms with Crippen molar-refractivity contribution in [2.24, 2.45) is 5.10 Å². The number of amides is 1. The molecule has 0 heterocycles.